The number of carboxylic acids is 1. The summed E-state index contributed by atoms with van der Waals surface area (Å²) in [6.45, 7) is 26.7. The Morgan fingerprint density at radius 1 is 0.600 bits per heavy atom. The number of benzene rings is 1. The summed E-state index contributed by atoms with van der Waals surface area (Å²) in [6.07, 6.45) is 0. The monoisotopic (exact) mass is 676 g/mol. The van der Waals surface area contributed by atoms with Gasteiger partial charge in [0.15, 0.2) is 0 Å². The van der Waals surface area contributed by atoms with Crippen LogP contribution in [-0.2, 0) is 17.1 Å². The van der Waals surface area contributed by atoms with Crippen LogP contribution in [0.3, 0.4) is 0 Å². The molecule has 0 saturated carbocycles. The molecule has 0 spiro atoms. The number of aromatic nitrogens is 6. The van der Waals surface area contributed by atoms with Crippen molar-refractivity contribution >= 4 is 24.7 Å². The van der Waals surface area contributed by atoms with Gasteiger partial charge in [-0.05, 0) is 95.1 Å². The van der Waals surface area contributed by atoms with Crippen LogP contribution >= 0.6 is 11.6 Å². The van der Waals surface area contributed by atoms with Gasteiger partial charge in [-0.25, -0.2) is 20.1 Å². The van der Waals surface area contributed by atoms with Gasteiger partial charge in [0.05, 0.1) is 22.6 Å². The number of halogens is 1. The molecule has 0 aliphatic carbocycles. The molecule has 45 heavy (non-hydrogen) atoms. The van der Waals surface area contributed by atoms with Gasteiger partial charge >= 0.3 is 5.97 Å². The minimum Gasteiger partial charge on any atom is -0.478 e. The first kappa shape index (κ1) is 38.4. The quantitative estimate of drug-likeness (QED) is 0.169. The summed E-state index contributed by atoms with van der Waals surface area (Å²) < 4.78 is 6.56. The number of hydrogen-bond acceptors (Lipinski definition) is 4. The first-order valence-electron chi connectivity index (χ1n) is 15.8. The van der Waals surface area contributed by atoms with E-state index in [0.717, 1.165) is 17.1 Å². The maximum absolute atomic E-state index is 10.3. The van der Waals surface area contributed by atoms with Crippen molar-refractivity contribution in [3.05, 3.63) is 87.2 Å². The van der Waals surface area contributed by atoms with Crippen LogP contribution in [0.2, 0.25) is 5.02 Å². The van der Waals surface area contributed by atoms with Crippen LogP contribution in [0.15, 0.2) is 42.5 Å². The van der Waals surface area contributed by atoms with E-state index in [1.54, 1.807) is 12.1 Å². The summed E-state index contributed by atoms with van der Waals surface area (Å²) in [5.74, 6) is 1.09. The van der Waals surface area contributed by atoms with E-state index in [4.69, 9.17) is 32.0 Å². The van der Waals surface area contributed by atoms with Crippen molar-refractivity contribution in [2.24, 2.45) is 0 Å². The van der Waals surface area contributed by atoms with Crippen LogP contribution in [0.1, 0.15) is 163 Å². The molecule has 0 bridgehead atoms. The summed E-state index contributed by atoms with van der Waals surface area (Å²) in [7, 11) is -0.292. The molecule has 0 aliphatic rings. The van der Waals surface area contributed by atoms with Crippen molar-refractivity contribution in [3.63, 3.8) is 0 Å². The van der Waals surface area contributed by atoms with Crippen molar-refractivity contribution in [1.82, 2.24) is 29.1 Å². The Bertz CT molecular complexity index is 1400. The molecule has 0 saturated heterocycles. The molecule has 0 unspecified atom stereocenters. The summed E-state index contributed by atoms with van der Waals surface area (Å²) in [5.41, 5.74) is 7.21. The summed E-state index contributed by atoms with van der Waals surface area (Å²) >= 11 is 5.52. The van der Waals surface area contributed by atoms with E-state index in [2.05, 4.69) is 115 Å². The molecule has 1 aromatic carbocycles. The van der Waals surface area contributed by atoms with Crippen LogP contribution in [0.4, 0.5) is 0 Å². The first-order valence-corrected chi connectivity index (χ1v) is 16.2. The van der Waals surface area contributed by atoms with Crippen LogP contribution in [0.25, 0.3) is 0 Å². The fourth-order valence-corrected chi connectivity index (χ4v) is 5.01. The van der Waals surface area contributed by atoms with E-state index in [1.165, 1.54) is 29.2 Å². The molecule has 1 radical (unpaired) electrons. The second-order valence-corrected chi connectivity index (χ2v) is 13.8. The third-order valence-corrected chi connectivity index (χ3v) is 7.90. The van der Waals surface area contributed by atoms with E-state index < -0.39 is 5.97 Å². The number of aromatic carboxylic acids is 1. The molecule has 247 valence electrons. The summed E-state index contributed by atoms with van der Waals surface area (Å²) in [4.78, 5) is 10.3. The fraction of sp³-hybridized carbons (Fsp3) is 0.529. The van der Waals surface area contributed by atoms with Crippen molar-refractivity contribution in [3.8, 4) is 0 Å². The largest absolute Gasteiger partial charge is 0.478 e. The molecule has 0 atom stereocenters. The second-order valence-electron chi connectivity index (χ2n) is 13.4. The standard InChI is InChI=1S/C27H45BN6.C7H5ClO2.Fe/c1-16(2)22-13-25(19(7)8)32(29-22)28(33-26(20(9)10)14-23(30-33)17(3)4)34-27(21(11)12)15-24(31-34)18(5)6;8-6-3-1-5(2-4-6)7(9)10;/h13-21H,1-12H3;1-4H,(H,9,10);/q-1;;. The zero-order valence-electron chi connectivity index (χ0n) is 28.9. The Kier molecular flexibility index (Phi) is 13.8. The first-order chi connectivity index (χ1) is 20.5. The van der Waals surface area contributed by atoms with Gasteiger partial charge in [0.1, 0.15) is 0 Å². The van der Waals surface area contributed by atoms with E-state index in [-0.39, 0.29) is 29.7 Å². The molecule has 3 aromatic heterocycles. The predicted octanol–water partition coefficient (Wildman–Crippen LogP) is 8.98. The molecular formula is C34H50BClFeN6O2-. The van der Waals surface area contributed by atoms with E-state index >= 15 is 0 Å². The third kappa shape index (κ3) is 9.14. The maximum atomic E-state index is 10.3. The minimum atomic E-state index is -0.934. The van der Waals surface area contributed by atoms with E-state index in [9.17, 15) is 4.79 Å². The smallest absolute Gasteiger partial charge is 0.335 e. The minimum absolute atomic E-state index is 0. The zero-order chi connectivity index (χ0) is 33.0. The fourth-order valence-electron chi connectivity index (χ4n) is 4.88. The SMILES string of the molecule is CC(C)c1cc(C(C)C)n([B-](n2nc(C(C)C)cc2C(C)C)n2nc(C(C)C)cc2C(C)C)n1.O=C(O)c1ccc(Cl)cc1.[Fe]. The predicted molar refractivity (Wildman–Crippen MR) is 182 cm³/mol. The van der Waals surface area contributed by atoms with Crippen molar-refractivity contribution < 1.29 is 27.0 Å². The summed E-state index contributed by atoms with van der Waals surface area (Å²) in [5, 5.41) is 24.5. The number of rotatable bonds is 10. The molecular weight excluding hydrogens is 627 g/mol. The topological polar surface area (TPSA) is 90.8 Å². The van der Waals surface area contributed by atoms with Crippen LogP contribution in [-0.4, -0.2) is 47.3 Å². The molecule has 11 heteroatoms. The van der Waals surface area contributed by atoms with Gasteiger partial charge in [0.2, 0.25) is 0 Å². The van der Waals surface area contributed by atoms with Crippen molar-refractivity contribution in [1.29, 1.82) is 0 Å². The molecule has 8 nitrogen and oxygen atoms in total. The van der Waals surface area contributed by atoms with Crippen molar-refractivity contribution in [2.75, 3.05) is 0 Å². The van der Waals surface area contributed by atoms with Gasteiger partial charge in [-0.2, -0.15) is 0 Å². The van der Waals surface area contributed by atoms with Gasteiger partial charge in [0, 0.05) is 22.1 Å². The number of nitrogens with zero attached hydrogens (tertiary/aromatic N) is 6. The number of carbonyl (C=O) groups is 1. The van der Waals surface area contributed by atoms with E-state index in [1.807, 2.05) is 0 Å². The summed E-state index contributed by atoms with van der Waals surface area (Å²) in [6, 6.07) is 12.8. The zero-order valence-corrected chi connectivity index (χ0v) is 30.7. The average Bonchev–Trinajstić information content (AvgIpc) is 3.67. The van der Waals surface area contributed by atoms with Gasteiger partial charge in [-0.3, -0.25) is 0 Å². The molecule has 4 aromatic rings. The Morgan fingerprint density at radius 2 is 0.889 bits per heavy atom. The number of carboxylic acid groups (broad SMARTS) is 1. The Hall–Kier alpha value is -2.81. The van der Waals surface area contributed by atoms with Crippen LogP contribution in [0, 0.1) is 0 Å². The van der Waals surface area contributed by atoms with Crippen molar-refractivity contribution in [2.45, 2.75) is 119 Å². The maximum Gasteiger partial charge on any atom is 0.335 e. The van der Waals surface area contributed by atoms with Crippen LogP contribution < -0.4 is 0 Å². The average molecular weight is 677 g/mol. The molecule has 0 fully saturated rings. The molecule has 3 heterocycles. The van der Waals surface area contributed by atoms with Gasteiger partial charge in [-0.15, -0.1) is 0 Å². The molecule has 0 aliphatic heterocycles. The Morgan fingerprint density at radius 3 is 1.11 bits per heavy atom. The van der Waals surface area contributed by atoms with Crippen LogP contribution in [0.5, 0.6) is 0 Å². The van der Waals surface area contributed by atoms with Gasteiger partial charge < -0.3 is 18.9 Å². The molecule has 0 amide bonds. The van der Waals surface area contributed by atoms with E-state index in [0.29, 0.717) is 40.5 Å². The molecule has 1 N–H and O–H groups in total. The molecule has 4 rings (SSSR count). The Balaban J connectivity index is 0.000000546. The van der Waals surface area contributed by atoms with Gasteiger partial charge in [-0.1, -0.05) is 94.7 Å². The number of hydrogen-bond donors (Lipinski definition) is 1. The van der Waals surface area contributed by atoms with Gasteiger partial charge in [0.25, 0.3) is 7.12 Å². The Labute approximate surface area is 285 Å². The second kappa shape index (κ2) is 16.2. The normalized spacial score (nSPS) is 11.7. The third-order valence-electron chi connectivity index (χ3n) is 7.65.